The van der Waals surface area contributed by atoms with Gasteiger partial charge in [-0.15, -0.1) is 23.5 Å². The van der Waals surface area contributed by atoms with Gasteiger partial charge in [0.1, 0.15) is 0 Å². The average molecular weight is 385 g/mol. The van der Waals surface area contributed by atoms with E-state index in [1.807, 2.05) is 0 Å². The van der Waals surface area contributed by atoms with E-state index >= 15 is 0 Å². The summed E-state index contributed by atoms with van der Waals surface area (Å²) in [6.07, 6.45) is 10.2. The lowest BCUT2D eigenvalue weighted by atomic mass is 9.47. The lowest BCUT2D eigenvalue weighted by Gasteiger charge is -2.59. The van der Waals surface area contributed by atoms with Crippen molar-refractivity contribution in [1.82, 2.24) is 0 Å². The minimum atomic E-state index is -2.10. The lowest BCUT2D eigenvalue weighted by molar-refractivity contribution is -0.116. The monoisotopic (exact) mass is 384 g/mol. The van der Waals surface area contributed by atoms with E-state index in [-0.39, 0.29) is 0 Å². The molecule has 1 aliphatic heterocycles. The second kappa shape index (κ2) is 5.90. The summed E-state index contributed by atoms with van der Waals surface area (Å²) < 4.78 is 28.4. The van der Waals surface area contributed by atoms with Crippen molar-refractivity contribution in [2.75, 3.05) is 11.5 Å². The summed E-state index contributed by atoms with van der Waals surface area (Å²) in [5, 5.41) is 0. The highest BCUT2D eigenvalue weighted by molar-refractivity contribution is 8.21. The Hall–Kier alpha value is 0.300. The summed E-state index contributed by atoms with van der Waals surface area (Å²) in [6.45, 7) is 2.50. The van der Waals surface area contributed by atoms with Crippen LogP contribution in [0.2, 0.25) is 0 Å². The zero-order valence-corrected chi connectivity index (χ0v) is 16.9. The van der Waals surface area contributed by atoms with Crippen LogP contribution in [0.3, 0.4) is 0 Å². The van der Waals surface area contributed by atoms with Crippen molar-refractivity contribution in [1.29, 1.82) is 0 Å². The fraction of sp³-hybridized carbons (Fsp3) is 0.905. The summed E-state index contributed by atoms with van der Waals surface area (Å²) in [5.41, 5.74) is 1.38. The van der Waals surface area contributed by atoms with Crippen LogP contribution in [-0.4, -0.2) is 22.0 Å². The second-order valence-corrected chi connectivity index (χ2v) is 12.6. The Balaban J connectivity index is 1.47. The highest BCUT2D eigenvalue weighted by Gasteiger charge is 2.61. The number of allylic oxidation sites excluding steroid dienone is 1. The van der Waals surface area contributed by atoms with E-state index in [1.165, 1.54) is 37.2 Å². The molecule has 0 aromatic carbocycles. The molecule has 0 aromatic heterocycles. The van der Waals surface area contributed by atoms with E-state index in [9.17, 15) is 8.78 Å². The molecule has 5 rings (SSSR count). The summed E-state index contributed by atoms with van der Waals surface area (Å²) in [7, 11) is 0. The Kier molecular flexibility index (Phi) is 4.10. The Labute approximate surface area is 159 Å². The molecule has 5 atom stereocenters. The van der Waals surface area contributed by atoms with Crippen molar-refractivity contribution in [3.63, 3.8) is 0 Å². The van der Waals surface area contributed by atoms with Crippen LogP contribution in [0, 0.1) is 28.6 Å². The van der Waals surface area contributed by atoms with Crippen molar-refractivity contribution in [2.45, 2.75) is 75.2 Å². The maximum atomic E-state index is 14.0. The van der Waals surface area contributed by atoms with Gasteiger partial charge < -0.3 is 0 Å². The first-order valence-corrected chi connectivity index (χ1v) is 12.2. The molecule has 0 bridgehead atoms. The topological polar surface area (TPSA) is 0 Å². The molecule has 4 aliphatic carbocycles. The fourth-order valence-corrected chi connectivity index (χ4v) is 10.6. The molecule has 1 saturated heterocycles. The number of thioether (sulfide) groups is 2. The SMILES string of the molecule is C[C@]12CCC3(C=C1CC[C@H]1[C@@H]4CCC[C@@]4(C(F)F)CC[C@@H]12)SCCS3. The summed E-state index contributed by atoms with van der Waals surface area (Å²) in [6, 6.07) is 0. The minimum absolute atomic E-state index is 0.300. The number of fused-ring (bicyclic) bond motifs is 5. The van der Waals surface area contributed by atoms with Crippen molar-refractivity contribution in [2.24, 2.45) is 28.6 Å². The van der Waals surface area contributed by atoms with Gasteiger partial charge in [-0.2, -0.15) is 0 Å². The smallest absolute Gasteiger partial charge is 0.210 e. The Bertz CT molecular complexity index is 582. The van der Waals surface area contributed by atoms with Crippen LogP contribution in [0.4, 0.5) is 8.78 Å². The van der Waals surface area contributed by atoms with E-state index < -0.39 is 11.8 Å². The standard InChI is InChI=1S/C21H30F2S2/c1-19-9-10-21(24-11-12-25-21)13-14(19)4-5-15-16(19)6-8-20(18(22)23)7-2-3-17(15)20/h13,15-18H,2-12H2,1H3/t15-,16+,17+,19+,20-/m1/s1. The highest BCUT2D eigenvalue weighted by Crippen LogP contribution is 2.68. The van der Waals surface area contributed by atoms with Gasteiger partial charge in [0.25, 0.3) is 0 Å². The van der Waals surface area contributed by atoms with Crippen molar-refractivity contribution in [3.05, 3.63) is 11.6 Å². The first kappa shape index (κ1) is 17.4. The summed E-state index contributed by atoms with van der Waals surface area (Å²) in [5.74, 6) is 4.10. The number of hydrogen-bond donors (Lipinski definition) is 0. The first-order chi connectivity index (χ1) is 12.0. The average Bonchev–Trinajstić information content (AvgIpc) is 3.23. The maximum absolute atomic E-state index is 14.0. The van der Waals surface area contributed by atoms with Gasteiger partial charge >= 0.3 is 0 Å². The predicted molar refractivity (Wildman–Crippen MR) is 104 cm³/mol. The fourth-order valence-electron chi connectivity index (χ4n) is 7.47. The number of rotatable bonds is 1. The van der Waals surface area contributed by atoms with Gasteiger partial charge in [0, 0.05) is 16.9 Å². The van der Waals surface area contributed by atoms with Crippen LogP contribution in [0.25, 0.3) is 0 Å². The third-order valence-corrected chi connectivity index (χ3v) is 12.2. The normalized spacial score (nSPS) is 48.2. The van der Waals surface area contributed by atoms with Gasteiger partial charge in [-0.05, 0) is 74.5 Å². The molecule has 25 heavy (non-hydrogen) atoms. The second-order valence-electron chi connectivity index (χ2n) is 9.48. The molecule has 0 nitrogen and oxygen atoms in total. The third-order valence-electron chi connectivity index (χ3n) is 8.75. The summed E-state index contributed by atoms with van der Waals surface area (Å²) in [4.78, 5) is 0. The zero-order chi connectivity index (χ0) is 17.3. The molecule has 0 unspecified atom stereocenters. The van der Waals surface area contributed by atoms with Gasteiger partial charge in [0.15, 0.2) is 0 Å². The molecule has 140 valence electrons. The Morgan fingerprint density at radius 1 is 1.00 bits per heavy atom. The van der Waals surface area contributed by atoms with Gasteiger partial charge in [-0.25, -0.2) is 8.78 Å². The molecule has 1 heterocycles. The van der Waals surface area contributed by atoms with E-state index in [0.29, 0.717) is 27.2 Å². The van der Waals surface area contributed by atoms with E-state index in [1.54, 1.807) is 5.57 Å². The van der Waals surface area contributed by atoms with Crippen LogP contribution < -0.4 is 0 Å². The van der Waals surface area contributed by atoms with Crippen LogP contribution in [0.1, 0.15) is 64.7 Å². The first-order valence-electron chi connectivity index (χ1n) is 10.3. The predicted octanol–water partition coefficient (Wildman–Crippen LogP) is 6.76. The zero-order valence-electron chi connectivity index (χ0n) is 15.2. The third kappa shape index (κ3) is 2.38. The van der Waals surface area contributed by atoms with Gasteiger partial charge in [0.2, 0.25) is 6.43 Å². The van der Waals surface area contributed by atoms with E-state index in [0.717, 1.165) is 32.1 Å². The van der Waals surface area contributed by atoms with E-state index in [2.05, 4.69) is 36.5 Å². The van der Waals surface area contributed by atoms with Crippen LogP contribution in [0.15, 0.2) is 11.6 Å². The maximum Gasteiger partial charge on any atom is 0.244 e. The van der Waals surface area contributed by atoms with Gasteiger partial charge in [-0.3, -0.25) is 0 Å². The molecule has 0 radical (unpaired) electrons. The number of hydrogen-bond acceptors (Lipinski definition) is 2. The van der Waals surface area contributed by atoms with Crippen LogP contribution in [0.5, 0.6) is 0 Å². The molecule has 0 N–H and O–H groups in total. The quantitative estimate of drug-likeness (QED) is 0.458. The number of alkyl halides is 2. The highest BCUT2D eigenvalue weighted by atomic mass is 32.2. The van der Waals surface area contributed by atoms with Crippen LogP contribution in [-0.2, 0) is 0 Å². The van der Waals surface area contributed by atoms with E-state index in [4.69, 9.17) is 0 Å². The van der Waals surface area contributed by atoms with Gasteiger partial charge in [-0.1, -0.05) is 25.0 Å². The van der Waals surface area contributed by atoms with Crippen molar-refractivity contribution >= 4 is 23.5 Å². The largest absolute Gasteiger partial charge is 0.244 e. The lowest BCUT2D eigenvalue weighted by Crippen LogP contribution is -2.52. The number of halogens is 2. The Morgan fingerprint density at radius 2 is 1.80 bits per heavy atom. The molecule has 3 saturated carbocycles. The molecule has 1 spiro atoms. The van der Waals surface area contributed by atoms with Gasteiger partial charge in [0.05, 0.1) is 4.08 Å². The minimum Gasteiger partial charge on any atom is -0.210 e. The molecule has 4 fully saturated rings. The molecular weight excluding hydrogens is 354 g/mol. The molecular formula is C21H30F2S2. The molecule has 0 aromatic rings. The van der Waals surface area contributed by atoms with Crippen molar-refractivity contribution in [3.8, 4) is 0 Å². The molecule has 4 heteroatoms. The Morgan fingerprint density at radius 3 is 2.56 bits per heavy atom. The molecule has 5 aliphatic rings. The molecule has 0 amide bonds. The summed E-state index contributed by atoms with van der Waals surface area (Å²) >= 11 is 4.31. The van der Waals surface area contributed by atoms with Crippen molar-refractivity contribution < 1.29 is 8.78 Å². The van der Waals surface area contributed by atoms with Crippen LogP contribution >= 0.6 is 23.5 Å².